The van der Waals surface area contributed by atoms with Gasteiger partial charge in [-0.3, -0.25) is 14.4 Å². The number of aromatic hydroxyl groups is 1. The van der Waals surface area contributed by atoms with Crippen LogP contribution in [-0.2, 0) is 13.1 Å². The topological polar surface area (TPSA) is 91.6 Å². The first kappa shape index (κ1) is 20.0. The number of rotatable bonds is 3. The van der Waals surface area contributed by atoms with Crippen molar-refractivity contribution in [3.8, 4) is 5.75 Å². The second kappa shape index (κ2) is 7.05. The average molecular weight is 450 g/mol. The molecular weight excluding hydrogens is 432 g/mol. The quantitative estimate of drug-likeness (QED) is 0.753. The van der Waals surface area contributed by atoms with Crippen molar-refractivity contribution in [3.63, 3.8) is 0 Å². The van der Waals surface area contributed by atoms with Crippen molar-refractivity contribution in [2.75, 3.05) is 0 Å². The highest BCUT2D eigenvalue weighted by Crippen LogP contribution is 2.45. The third-order valence-electron chi connectivity index (χ3n) is 6.59. The second-order valence-electron chi connectivity index (χ2n) is 8.26. The SMILES string of the molecule is O=C(NCc1c(F)cc(F)cc1Cl)c1cn2c(c(O)c1=O)C(=O)N1[C@H]3CC[C@H](C3)[C@@H]1C2. The van der Waals surface area contributed by atoms with Crippen molar-refractivity contribution >= 4 is 23.4 Å². The molecule has 2 aliphatic heterocycles. The van der Waals surface area contributed by atoms with E-state index < -0.39 is 34.6 Å². The van der Waals surface area contributed by atoms with Crippen LogP contribution in [0.25, 0.3) is 0 Å². The molecule has 2 bridgehead atoms. The molecule has 0 spiro atoms. The third kappa shape index (κ3) is 3.02. The Morgan fingerprint density at radius 1 is 1.26 bits per heavy atom. The number of carbonyl (C=O) groups excluding carboxylic acids is 2. The molecule has 1 aromatic heterocycles. The van der Waals surface area contributed by atoms with Crippen molar-refractivity contribution in [3.05, 3.63) is 62.0 Å². The van der Waals surface area contributed by atoms with Crippen LogP contribution >= 0.6 is 11.6 Å². The lowest BCUT2D eigenvalue weighted by Gasteiger charge is -2.40. The van der Waals surface area contributed by atoms with E-state index in [0.29, 0.717) is 18.5 Å². The molecule has 3 aliphatic rings. The molecule has 1 aliphatic carbocycles. The van der Waals surface area contributed by atoms with Gasteiger partial charge in [0.1, 0.15) is 17.2 Å². The van der Waals surface area contributed by atoms with Crippen LogP contribution in [0.4, 0.5) is 8.78 Å². The summed E-state index contributed by atoms with van der Waals surface area (Å²) < 4.78 is 28.6. The van der Waals surface area contributed by atoms with E-state index in [0.717, 1.165) is 25.3 Å². The van der Waals surface area contributed by atoms with Crippen LogP contribution in [0.2, 0.25) is 5.02 Å². The number of halogens is 3. The van der Waals surface area contributed by atoms with E-state index in [-0.39, 0.29) is 40.5 Å². The monoisotopic (exact) mass is 449 g/mol. The van der Waals surface area contributed by atoms with Gasteiger partial charge in [-0.2, -0.15) is 0 Å². The standard InChI is InChI=1S/C21H18ClF2N3O4/c22-14-4-10(23)5-15(24)12(14)6-25-20(30)13-7-26-8-16-9-1-2-11(3-9)27(16)21(31)17(26)19(29)18(13)28/h4-5,7,9,11,16,29H,1-3,6,8H2,(H,25,30)/t9-,11+,16+/m1/s1. The maximum Gasteiger partial charge on any atom is 0.275 e. The summed E-state index contributed by atoms with van der Waals surface area (Å²) in [5.41, 5.74) is -1.60. The predicted octanol–water partition coefficient (Wildman–Crippen LogP) is 2.42. The molecule has 10 heteroatoms. The molecule has 0 radical (unpaired) electrons. The van der Waals surface area contributed by atoms with Crippen LogP contribution in [0.3, 0.4) is 0 Å². The van der Waals surface area contributed by atoms with Crippen molar-refractivity contribution in [1.29, 1.82) is 0 Å². The van der Waals surface area contributed by atoms with E-state index in [1.807, 2.05) is 0 Å². The summed E-state index contributed by atoms with van der Waals surface area (Å²) in [6.07, 6.45) is 4.11. The number of benzene rings is 1. The highest BCUT2D eigenvalue weighted by Gasteiger charge is 2.51. The largest absolute Gasteiger partial charge is 0.503 e. The first-order valence-corrected chi connectivity index (χ1v) is 10.3. The lowest BCUT2D eigenvalue weighted by atomic mass is 9.95. The molecule has 31 heavy (non-hydrogen) atoms. The molecule has 3 atom stereocenters. The minimum atomic E-state index is -0.981. The molecule has 1 saturated carbocycles. The summed E-state index contributed by atoms with van der Waals surface area (Å²) in [5, 5.41) is 12.6. The number of nitrogens with zero attached hydrogens (tertiary/aromatic N) is 2. The van der Waals surface area contributed by atoms with Crippen LogP contribution in [0.15, 0.2) is 23.1 Å². The fourth-order valence-electron chi connectivity index (χ4n) is 5.15. The van der Waals surface area contributed by atoms with Gasteiger partial charge in [0.25, 0.3) is 11.8 Å². The Morgan fingerprint density at radius 2 is 2.03 bits per heavy atom. The van der Waals surface area contributed by atoms with E-state index in [4.69, 9.17) is 11.6 Å². The summed E-state index contributed by atoms with van der Waals surface area (Å²) in [7, 11) is 0. The molecule has 2 amide bonds. The number of pyridine rings is 1. The van der Waals surface area contributed by atoms with Gasteiger partial charge in [-0.1, -0.05) is 11.6 Å². The number of amides is 2. The van der Waals surface area contributed by atoms with Gasteiger partial charge in [-0.15, -0.1) is 0 Å². The minimum absolute atomic E-state index is 0.0244. The number of hydrogen-bond donors (Lipinski definition) is 2. The predicted molar refractivity (Wildman–Crippen MR) is 106 cm³/mol. The number of aromatic nitrogens is 1. The highest BCUT2D eigenvalue weighted by molar-refractivity contribution is 6.31. The maximum atomic E-state index is 14.0. The Kier molecular flexibility index (Phi) is 4.55. The van der Waals surface area contributed by atoms with E-state index in [2.05, 4.69) is 5.32 Å². The molecule has 0 unspecified atom stereocenters. The molecule has 7 nitrogen and oxygen atoms in total. The van der Waals surface area contributed by atoms with Gasteiger partial charge in [-0.05, 0) is 31.2 Å². The van der Waals surface area contributed by atoms with E-state index in [1.165, 1.54) is 10.8 Å². The van der Waals surface area contributed by atoms with Crippen molar-refractivity contribution in [1.82, 2.24) is 14.8 Å². The number of nitrogens with one attached hydrogen (secondary N) is 1. The van der Waals surface area contributed by atoms with Gasteiger partial charge < -0.3 is 19.9 Å². The van der Waals surface area contributed by atoms with Crippen LogP contribution in [0, 0.1) is 17.6 Å². The first-order chi connectivity index (χ1) is 14.8. The molecule has 5 rings (SSSR count). The van der Waals surface area contributed by atoms with Crippen molar-refractivity contribution in [2.45, 2.75) is 44.4 Å². The molecule has 162 valence electrons. The normalized spacial score (nSPS) is 23.6. The summed E-state index contributed by atoms with van der Waals surface area (Å²) >= 11 is 5.83. The Bertz CT molecular complexity index is 1170. The van der Waals surface area contributed by atoms with E-state index in [9.17, 15) is 28.3 Å². The van der Waals surface area contributed by atoms with Crippen LogP contribution in [0.5, 0.6) is 5.75 Å². The van der Waals surface area contributed by atoms with E-state index in [1.54, 1.807) is 4.90 Å². The van der Waals surface area contributed by atoms with Crippen LogP contribution in [0.1, 0.15) is 45.7 Å². The Morgan fingerprint density at radius 3 is 2.77 bits per heavy atom. The highest BCUT2D eigenvalue weighted by atomic mass is 35.5. The van der Waals surface area contributed by atoms with Crippen LogP contribution < -0.4 is 10.7 Å². The van der Waals surface area contributed by atoms with Crippen LogP contribution in [-0.4, -0.2) is 38.5 Å². The number of hydrogen-bond acceptors (Lipinski definition) is 4. The van der Waals surface area contributed by atoms with E-state index >= 15 is 0 Å². The zero-order valence-corrected chi connectivity index (χ0v) is 17.0. The van der Waals surface area contributed by atoms with Gasteiger partial charge in [-0.25, -0.2) is 8.78 Å². The van der Waals surface area contributed by atoms with Crippen molar-refractivity contribution < 1.29 is 23.5 Å². The lowest BCUT2D eigenvalue weighted by molar-refractivity contribution is 0.0482. The third-order valence-corrected chi connectivity index (χ3v) is 6.93. The maximum absolute atomic E-state index is 14.0. The molecule has 2 aromatic rings. The molecule has 2 fully saturated rings. The Balaban J connectivity index is 1.44. The summed E-state index contributed by atoms with van der Waals surface area (Å²) in [4.78, 5) is 40.0. The fraction of sp³-hybridized carbons (Fsp3) is 0.381. The number of fused-ring (bicyclic) bond motifs is 6. The van der Waals surface area contributed by atoms with Gasteiger partial charge in [0.2, 0.25) is 5.43 Å². The number of piperidine rings is 1. The van der Waals surface area contributed by atoms with Gasteiger partial charge >= 0.3 is 0 Å². The zero-order chi connectivity index (χ0) is 22.0. The Labute approximate surface area is 180 Å². The molecule has 1 saturated heterocycles. The smallest absolute Gasteiger partial charge is 0.275 e. The zero-order valence-electron chi connectivity index (χ0n) is 16.2. The summed E-state index contributed by atoms with van der Waals surface area (Å²) in [6, 6.07) is 1.66. The van der Waals surface area contributed by atoms with Gasteiger partial charge in [0.05, 0.1) is 11.1 Å². The fourth-order valence-corrected chi connectivity index (χ4v) is 5.42. The molecule has 1 aromatic carbocycles. The second-order valence-corrected chi connectivity index (χ2v) is 8.67. The first-order valence-electron chi connectivity index (χ1n) is 9.97. The molecule has 2 N–H and O–H groups in total. The van der Waals surface area contributed by atoms with Crippen molar-refractivity contribution in [2.24, 2.45) is 5.92 Å². The average Bonchev–Trinajstić information content (AvgIpc) is 3.31. The minimum Gasteiger partial charge on any atom is -0.503 e. The summed E-state index contributed by atoms with van der Waals surface area (Å²) in [6.45, 7) is -0.000398. The van der Waals surface area contributed by atoms with Gasteiger partial charge in [0.15, 0.2) is 11.4 Å². The number of carbonyl (C=O) groups is 2. The summed E-state index contributed by atoms with van der Waals surface area (Å²) in [5.74, 6) is -3.45. The van der Waals surface area contributed by atoms with Gasteiger partial charge in [0, 0.05) is 37.0 Å². The molecular formula is C21H18ClF2N3O4. The molecule has 3 heterocycles. The lowest BCUT2D eigenvalue weighted by Crippen LogP contribution is -2.52. The Hall–Kier alpha value is -2.94.